The second-order valence-corrected chi connectivity index (χ2v) is 4.68. The largest absolute Gasteiger partial charge is 0.393 e. The number of carbonyl (C=O) groups is 1. The third-order valence-corrected chi connectivity index (χ3v) is 3.10. The van der Waals surface area contributed by atoms with Crippen molar-refractivity contribution in [3.05, 3.63) is 9.81 Å². The topological polar surface area (TPSA) is 166 Å². The zero-order valence-corrected chi connectivity index (χ0v) is 10.6. The van der Waals surface area contributed by atoms with E-state index in [2.05, 4.69) is 10.4 Å². The summed E-state index contributed by atoms with van der Waals surface area (Å²) in [5, 5.41) is 43.3. The van der Waals surface area contributed by atoms with E-state index >= 15 is 0 Å². The summed E-state index contributed by atoms with van der Waals surface area (Å²) in [6.07, 6.45) is -7.69. The second kappa shape index (κ2) is 6.41. The molecule has 0 aromatic carbocycles. The molecule has 0 radical (unpaired) electrons. The molecule has 4 N–H and O–H groups in total. The molecule has 0 amide bonds. The van der Waals surface area contributed by atoms with Crippen LogP contribution >= 0.6 is 0 Å². The van der Waals surface area contributed by atoms with Crippen molar-refractivity contribution < 1.29 is 30.0 Å². The molecule has 0 spiro atoms. The van der Waals surface area contributed by atoms with Crippen LogP contribution in [0.4, 0.5) is 0 Å². The molecule has 1 heterocycles. The lowest BCUT2D eigenvalue weighted by Crippen LogP contribution is -2.65. The number of aliphatic hydroxyl groups is 4. The molecule has 1 fully saturated rings. The van der Waals surface area contributed by atoms with Gasteiger partial charge < -0.3 is 25.2 Å². The van der Waals surface area contributed by atoms with E-state index in [-0.39, 0.29) is 0 Å². The Kier molecular flexibility index (Phi) is 5.36. The number of nitrogens with zero attached hydrogens (tertiary/aromatic N) is 2. The molecule has 1 rings (SSSR count). The fourth-order valence-corrected chi connectivity index (χ4v) is 1.96. The Morgan fingerprint density at radius 2 is 2.00 bits per heavy atom. The molecule has 1 saturated heterocycles. The molecular formula is C10H16N2O8. The third kappa shape index (κ3) is 2.88. The van der Waals surface area contributed by atoms with Crippen molar-refractivity contribution in [3.8, 4) is 0 Å². The maximum Gasteiger partial charge on any atom is 0.262 e. The highest BCUT2D eigenvalue weighted by Gasteiger charge is 2.58. The number of ether oxygens (including phenoxy) is 1. The van der Waals surface area contributed by atoms with Gasteiger partial charge >= 0.3 is 0 Å². The molecule has 0 aromatic heterocycles. The van der Waals surface area contributed by atoms with Crippen molar-refractivity contribution in [3.63, 3.8) is 0 Å². The fraction of sp³-hybridized carbons (Fsp3) is 0.900. The van der Waals surface area contributed by atoms with Crippen molar-refractivity contribution in [2.75, 3.05) is 6.61 Å². The van der Waals surface area contributed by atoms with Crippen molar-refractivity contribution >= 4 is 5.78 Å². The van der Waals surface area contributed by atoms with Crippen LogP contribution in [0.3, 0.4) is 0 Å². The predicted molar refractivity (Wildman–Crippen MR) is 63.4 cm³/mol. The van der Waals surface area contributed by atoms with Gasteiger partial charge in [-0.25, -0.2) is 0 Å². The Morgan fingerprint density at radius 3 is 2.45 bits per heavy atom. The highest BCUT2D eigenvalue weighted by Crippen LogP contribution is 2.32. The lowest BCUT2D eigenvalue weighted by atomic mass is 9.87. The fourth-order valence-electron chi connectivity index (χ4n) is 1.96. The lowest BCUT2D eigenvalue weighted by Gasteiger charge is -2.41. The van der Waals surface area contributed by atoms with Gasteiger partial charge in [-0.05, 0) is 12.1 Å². The molecule has 0 saturated carbocycles. The summed E-state index contributed by atoms with van der Waals surface area (Å²) in [6.45, 7) is 0.692. The molecule has 1 aliphatic rings. The van der Waals surface area contributed by atoms with Gasteiger partial charge in [-0.15, -0.1) is 4.91 Å². The Balaban J connectivity index is 3.00. The number of aliphatic hydroxyl groups excluding tert-OH is 4. The first-order valence-electron chi connectivity index (χ1n) is 5.86. The van der Waals surface area contributed by atoms with Crippen LogP contribution in [0, 0.1) is 9.81 Å². The SMILES string of the molecule is CC(O)CC(=O)C(O)[C@@]1(N=O)OC[C@@H](N=O)C(O)C1O. The van der Waals surface area contributed by atoms with Gasteiger partial charge in [0.2, 0.25) is 0 Å². The molecule has 1 aliphatic heterocycles. The highest BCUT2D eigenvalue weighted by molar-refractivity contribution is 5.84. The maximum absolute atomic E-state index is 11.7. The van der Waals surface area contributed by atoms with E-state index in [9.17, 15) is 29.9 Å². The van der Waals surface area contributed by atoms with Crippen molar-refractivity contribution in [1.29, 1.82) is 0 Å². The lowest BCUT2D eigenvalue weighted by molar-refractivity contribution is -0.235. The van der Waals surface area contributed by atoms with Crippen LogP contribution in [-0.4, -0.2) is 69.0 Å². The van der Waals surface area contributed by atoms with Crippen LogP contribution in [0.5, 0.6) is 0 Å². The van der Waals surface area contributed by atoms with Gasteiger partial charge in [0.15, 0.2) is 11.9 Å². The van der Waals surface area contributed by atoms with Gasteiger partial charge in [-0.3, -0.25) is 4.79 Å². The molecule has 0 aromatic rings. The number of Topliss-reactive ketones (excluding diaryl/α,β-unsaturated/α-hetero) is 1. The first-order valence-corrected chi connectivity index (χ1v) is 5.86. The van der Waals surface area contributed by atoms with Gasteiger partial charge in [0.05, 0.1) is 12.7 Å². The van der Waals surface area contributed by atoms with E-state index < -0.39 is 55.0 Å². The molecule has 10 heteroatoms. The highest BCUT2D eigenvalue weighted by atomic mass is 16.6. The minimum Gasteiger partial charge on any atom is -0.393 e. The Bertz CT molecular complexity index is 389. The van der Waals surface area contributed by atoms with Gasteiger partial charge in [-0.2, -0.15) is 4.91 Å². The van der Waals surface area contributed by atoms with E-state index in [1.807, 2.05) is 0 Å². The molecule has 10 nitrogen and oxygen atoms in total. The minimum absolute atomic E-state index is 0.500. The van der Waals surface area contributed by atoms with Crippen molar-refractivity contribution in [2.45, 2.75) is 49.5 Å². The maximum atomic E-state index is 11.7. The van der Waals surface area contributed by atoms with Crippen LogP contribution in [-0.2, 0) is 9.53 Å². The number of hydrogen-bond donors (Lipinski definition) is 4. The zero-order valence-electron chi connectivity index (χ0n) is 10.6. The van der Waals surface area contributed by atoms with Crippen LogP contribution in [0.2, 0.25) is 0 Å². The Morgan fingerprint density at radius 1 is 1.40 bits per heavy atom. The van der Waals surface area contributed by atoms with E-state index in [0.29, 0.717) is 0 Å². The molecular weight excluding hydrogens is 276 g/mol. The van der Waals surface area contributed by atoms with Crippen molar-refractivity contribution in [2.24, 2.45) is 10.4 Å². The number of rotatable bonds is 6. The number of hydrogen-bond acceptors (Lipinski definition) is 10. The second-order valence-electron chi connectivity index (χ2n) is 4.68. The summed E-state index contributed by atoms with van der Waals surface area (Å²) in [7, 11) is 0. The standard InChI is InChI=1S/C10H16N2O8/c1-4(13)2-6(14)8(16)10(12-19)9(17)7(15)5(11-18)3-20-10/h4-5,7-9,13,15-17H,2-3H2,1H3/t4?,5-,7?,8?,9?,10-/m1/s1. The number of ketones is 1. The van der Waals surface area contributed by atoms with E-state index in [1.165, 1.54) is 6.92 Å². The molecule has 0 bridgehead atoms. The van der Waals surface area contributed by atoms with Crippen LogP contribution < -0.4 is 0 Å². The summed E-state index contributed by atoms with van der Waals surface area (Å²) in [5.41, 5.74) is -2.63. The quantitative estimate of drug-likeness (QED) is 0.409. The first-order chi connectivity index (χ1) is 9.30. The molecule has 0 aliphatic carbocycles. The summed E-state index contributed by atoms with van der Waals surface area (Å²) >= 11 is 0. The third-order valence-electron chi connectivity index (χ3n) is 3.10. The van der Waals surface area contributed by atoms with Crippen LogP contribution in [0.25, 0.3) is 0 Å². The number of nitroso groups, excluding NO2 is 2. The summed E-state index contributed by atoms with van der Waals surface area (Å²) in [5.74, 6) is -0.997. The predicted octanol–water partition coefficient (Wildman–Crippen LogP) is -1.96. The normalized spacial score (nSPS) is 37.0. The van der Waals surface area contributed by atoms with Crippen LogP contribution in [0.15, 0.2) is 10.4 Å². The van der Waals surface area contributed by atoms with E-state index in [4.69, 9.17) is 9.84 Å². The molecule has 6 atom stereocenters. The van der Waals surface area contributed by atoms with Crippen molar-refractivity contribution in [1.82, 2.24) is 0 Å². The van der Waals surface area contributed by atoms with Gasteiger partial charge in [0.1, 0.15) is 18.2 Å². The summed E-state index contributed by atoms with van der Waals surface area (Å²) in [6, 6.07) is -1.35. The Labute approximate surface area is 113 Å². The smallest absolute Gasteiger partial charge is 0.262 e. The summed E-state index contributed by atoms with van der Waals surface area (Å²) < 4.78 is 4.83. The molecule has 20 heavy (non-hydrogen) atoms. The average molecular weight is 292 g/mol. The Hall–Kier alpha value is -1.33. The first kappa shape index (κ1) is 16.7. The molecule has 4 unspecified atom stereocenters. The van der Waals surface area contributed by atoms with Gasteiger partial charge in [0.25, 0.3) is 5.72 Å². The zero-order chi connectivity index (χ0) is 15.5. The minimum atomic E-state index is -2.63. The molecule has 114 valence electrons. The monoisotopic (exact) mass is 292 g/mol. The van der Waals surface area contributed by atoms with E-state index in [1.54, 1.807) is 0 Å². The van der Waals surface area contributed by atoms with E-state index in [0.717, 1.165) is 0 Å². The van der Waals surface area contributed by atoms with Crippen LogP contribution in [0.1, 0.15) is 13.3 Å². The average Bonchev–Trinajstić information content (AvgIpc) is 2.40. The summed E-state index contributed by atoms with van der Waals surface area (Å²) in [4.78, 5) is 33.0. The van der Waals surface area contributed by atoms with Gasteiger partial charge in [0, 0.05) is 6.42 Å². The van der Waals surface area contributed by atoms with Gasteiger partial charge in [-0.1, -0.05) is 5.18 Å². The number of carbonyl (C=O) groups excluding carboxylic acids is 1.